The van der Waals surface area contributed by atoms with Gasteiger partial charge < -0.3 is 10.0 Å². The zero-order valence-corrected chi connectivity index (χ0v) is 13.9. The smallest absolute Gasteiger partial charge is 0.0931 e. The molecule has 2 fully saturated rings. The molecule has 0 radical (unpaired) electrons. The summed E-state index contributed by atoms with van der Waals surface area (Å²) in [7, 11) is 2.23. The van der Waals surface area contributed by atoms with Crippen LogP contribution in [-0.4, -0.2) is 29.1 Å². The Morgan fingerprint density at radius 1 is 1.10 bits per heavy atom. The van der Waals surface area contributed by atoms with Gasteiger partial charge in [0, 0.05) is 12.1 Å². The van der Waals surface area contributed by atoms with Gasteiger partial charge in [-0.15, -0.1) is 0 Å². The van der Waals surface area contributed by atoms with Gasteiger partial charge in [0.2, 0.25) is 0 Å². The minimum absolute atomic E-state index is 0.560. The SMILES string of the molecule is CCc1cc(C)cc(CC)c1C1(O)CC2CCC(C1)N2C. The minimum Gasteiger partial charge on any atom is -0.385 e. The summed E-state index contributed by atoms with van der Waals surface area (Å²) >= 11 is 0. The van der Waals surface area contributed by atoms with E-state index in [1.165, 1.54) is 35.1 Å². The third-order valence-corrected chi connectivity index (χ3v) is 5.80. The van der Waals surface area contributed by atoms with E-state index in [4.69, 9.17) is 0 Å². The topological polar surface area (TPSA) is 23.5 Å². The lowest BCUT2D eigenvalue weighted by molar-refractivity contribution is -0.0504. The van der Waals surface area contributed by atoms with E-state index in [1.807, 2.05) is 0 Å². The minimum atomic E-state index is -0.608. The molecule has 116 valence electrons. The molecule has 0 spiro atoms. The Morgan fingerprint density at radius 3 is 2.00 bits per heavy atom. The summed E-state index contributed by atoms with van der Waals surface area (Å²) in [5.41, 5.74) is 4.70. The van der Waals surface area contributed by atoms with Crippen molar-refractivity contribution in [3.63, 3.8) is 0 Å². The molecular formula is C19H29NO. The quantitative estimate of drug-likeness (QED) is 0.919. The maximum atomic E-state index is 11.5. The molecule has 0 saturated carbocycles. The van der Waals surface area contributed by atoms with Crippen molar-refractivity contribution in [2.75, 3.05) is 7.05 Å². The third-order valence-electron chi connectivity index (χ3n) is 5.80. The summed E-state index contributed by atoms with van der Waals surface area (Å²) in [5, 5.41) is 11.5. The zero-order chi connectivity index (χ0) is 15.2. The number of rotatable bonds is 3. The second-order valence-electron chi connectivity index (χ2n) is 7.16. The molecule has 0 amide bonds. The first-order chi connectivity index (χ1) is 9.98. The van der Waals surface area contributed by atoms with Crippen molar-refractivity contribution in [3.05, 3.63) is 34.4 Å². The lowest BCUT2D eigenvalue weighted by atomic mass is 9.75. The van der Waals surface area contributed by atoms with E-state index < -0.39 is 5.60 Å². The van der Waals surface area contributed by atoms with E-state index >= 15 is 0 Å². The molecule has 1 N–H and O–H groups in total. The summed E-state index contributed by atoms with van der Waals surface area (Å²) in [6.45, 7) is 6.60. The van der Waals surface area contributed by atoms with Gasteiger partial charge >= 0.3 is 0 Å². The van der Waals surface area contributed by atoms with Gasteiger partial charge in [-0.3, -0.25) is 0 Å². The number of aliphatic hydroxyl groups is 1. The van der Waals surface area contributed by atoms with Crippen LogP contribution < -0.4 is 0 Å². The number of hydrogen-bond donors (Lipinski definition) is 1. The molecule has 0 aromatic heterocycles. The highest BCUT2D eigenvalue weighted by atomic mass is 16.3. The molecule has 2 atom stereocenters. The second-order valence-corrected chi connectivity index (χ2v) is 7.16. The van der Waals surface area contributed by atoms with Crippen LogP contribution in [-0.2, 0) is 18.4 Å². The predicted molar refractivity (Wildman–Crippen MR) is 87.6 cm³/mol. The highest BCUT2D eigenvalue weighted by Gasteiger charge is 2.47. The van der Waals surface area contributed by atoms with E-state index in [0.717, 1.165) is 25.7 Å². The summed E-state index contributed by atoms with van der Waals surface area (Å²) in [4.78, 5) is 2.50. The third kappa shape index (κ3) is 2.43. The van der Waals surface area contributed by atoms with Crippen molar-refractivity contribution >= 4 is 0 Å². The molecule has 3 rings (SSSR count). The average molecular weight is 287 g/mol. The molecule has 2 heterocycles. The van der Waals surface area contributed by atoms with Crippen LogP contribution in [0.15, 0.2) is 12.1 Å². The van der Waals surface area contributed by atoms with E-state index in [-0.39, 0.29) is 0 Å². The largest absolute Gasteiger partial charge is 0.385 e. The maximum absolute atomic E-state index is 11.5. The van der Waals surface area contributed by atoms with Gasteiger partial charge in [-0.2, -0.15) is 0 Å². The molecule has 2 unspecified atom stereocenters. The highest BCUT2D eigenvalue weighted by Crippen LogP contribution is 2.47. The normalized spacial score (nSPS) is 32.6. The summed E-state index contributed by atoms with van der Waals surface area (Å²) in [6.07, 6.45) is 6.33. The number of nitrogens with zero attached hydrogens (tertiary/aromatic N) is 1. The van der Waals surface area contributed by atoms with Gasteiger partial charge in [-0.05, 0) is 69.2 Å². The Balaban J connectivity index is 2.07. The molecule has 0 aliphatic carbocycles. The standard InChI is InChI=1S/C19H29NO/c1-5-14-9-13(3)10-15(6-2)18(14)19(21)11-16-7-8-17(12-19)20(16)4/h9-10,16-17,21H,5-8,11-12H2,1-4H3. The molecule has 2 heteroatoms. The van der Waals surface area contributed by atoms with Gasteiger partial charge in [0.15, 0.2) is 0 Å². The van der Waals surface area contributed by atoms with E-state index in [2.05, 4.69) is 44.9 Å². The van der Waals surface area contributed by atoms with Crippen LogP contribution in [0, 0.1) is 6.92 Å². The van der Waals surface area contributed by atoms with Crippen molar-refractivity contribution in [2.45, 2.75) is 77.0 Å². The number of piperidine rings is 1. The Kier molecular flexibility index (Phi) is 3.87. The molecule has 2 bridgehead atoms. The average Bonchev–Trinajstić information content (AvgIpc) is 2.69. The van der Waals surface area contributed by atoms with E-state index in [1.54, 1.807) is 0 Å². The molecule has 2 aliphatic rings. The Morgan fingerprint density at radius 2 is 1.57 bits per heavy atom. The first-order valence-corrected chi connectivity index (χ1v) is 8.55. The van der Waals surface area contributed by atoms with Gasteiger partial charge in [0.1, 0.15) is 0 Å². The monoisotopic (exact) mass is 287 g/mol. The summed E-state index contributed by atoms with van der Waals surface area (Å²) in [5.74, 6) is 0. The first kappa shape index (κ1) is 15.1. The van der Waals surface area contributed by atoms with Crippen LogP contribution >= 0.6 is 0 Å². The molecular weight excluding hydrogens is 258 g/mol. The molecule has 1 aromatic carbocycles. The van der Waals surface area contributed by atoms with Crippen LogP contribution in [0.5, 0.6) is 0 Å². The first-order valence-electron chi connectivity index (χ1n) is 8.55. The van der Waals surface area contributed by atoms with Gasteiger partial charge in [-0.25, -0.2) is 0 Å². The zero-order valence-electron chi connectivity index (χ0n) is 13.9. The highest BCUT2D eigenvalue weighted by molar-refractivity contribution is 5.44. The van der Waals surface area contributed by atoms with Crippen LogP contribution in [0.4, 0.5) is 0 Å². The van der Waals surface area contributed by atoms with Gasteiger partial charge in [-0.1, -0.05) is 31.5 Å². The van der Waals surface area contributed by atoms with Gasteiger partial charge in [0.05, 0.1) is 5.60 Å². The van der Waals surface area contributed by atoms with Crippen molar-refractivity contribution in [1.29, 1.82) is 0 Å². The summed E-state index contributed by atoms with van der Waals surface area (Å²) in [6, 6.07) is 5.69. The fourth-order valence-corrected chi connectivity index (χ4v) is 4.75. The van der Waals surface area contributed by atoms with Gasteiger partial charge in [0.25, 0.3) is 0 Å². The number of benzene rings is 1. The van der Waals surface area contributed by atoms with E-state index in [0.29, 0.717) is 12.1 Å². The number of aryl methyl sites for hydroxylation is 3. The van der Waals surface area contributed by atoms with Crippen LogP contribution in [0.1, 0.15) is 61.8 Å². The van der Waals surface area contributed by atoms with Crippen molar-refractivity contribution in [3.8, 4) is 0 Å². The fourth-order valence-electron chi connectivity index (χ4n) is 4.75. The van der Waals surface area contributed by atoms with Crippen molar-refractivity contribution < 1.29 is 5.11 Å². The van der Waals surface area contributed by atoms with E-state index in [9.17, 15) is 5.11 Å². The van der Waals surface area contributed by atoms with Crippen LogP contribution in [0.25, 0.3) is 0 Å². The second kappa shape index (κ2) is 5.40. The predicted octanol–water partition coefficient (Wildman–Crippen LogP) is 3.56. The number of fused-ring (bicyclic) bond motifs is 2. The lowest BCUT2D eigenvalue weighted by Crippen LogP contribution is -2.48. The molecule has 2 nitrogen and oxygen atoms in total. The fraction of sp³-hybridized carbons (Fsp3) is 0.684. The number of hydrogen-bond acceptors (Lipinski definition) is 2. The molecule has 21 heavy (non-hydrogen) atoms. The van der Waals surface area contributed by atoms with Crippen LogP contribution in [0.3, 0.4) is 0 Å². The Bertz CT molecular complexity index is 497. The van der Waals surface area contributed by atoms with Crippen molar-refractivity contribution in [2.24, 2.45) is 0 Å². The maximum Gasteiger partial charge on any atom is 0.0931 e. The molecule has 2 aliphatic heterocycles. The van der Waals surface area contributed by atoms with Crippen LogP contribution in [0.2, 0.25) is 0 Å². The summed E-state index contributed by atoms with van der Waals surface area (Å²) < 4.78 is 0. The molecule has 1 aromatic rings. The van der Waals surface area contributed by atoms with Crippen molar-refractivity contribution in [1.82, 2.24) is 4.90 Å². The lowest BCUT2D eigenvalue weighted by Gasteiger charge is -2.44. The Hall–Kier alpha value is -0.860. The molecule has 2 saturated heterocycles. The Labute approximate surface area is 129 Å².